The van der Waals surface area contributed by atoms with Crippen LogP contribution in [0, 0.1) is 0 Å². The fourth-order valence-electron chi connectivity index (χ4n) is 0.887. The van der Waals surface area contributed by atoms with Crippen molar-refractivity contribution >= 4 is 820 Å². The van der Waals surface area contributed by atoms with Crippen LogP contribution in [0.2, 0.25) is 0 Å². The zero-order chi connectivity index (χ0) is 50.0. The first-order valence-electron chi connectivity index (χ1n) is 8.93. The summed E-state index contributed by atoms with van der Waals surface area (Å²) in [6, 6.07) is 0. The molecule has 0 N–H and O–H groups in total. The summed E-state index contributed by atoms with van der Waals surface area (Å²) in [7, 11) is -17.4. The normalized spacial score (nSPS) is 18.9. The minimum atomic E-state index is -0.616. The summed E-state index contributed by atoms with van der Waals surface area (Å²) in [5, 5.41) is 0. The fraction of sp³-hybridized carbons (Fsp3) is 0. The van der Waals surface area contributed by atoms with Gasteiger partial charge in [0.1, 0.15) is 0 Å². The van der Waals surface area contributed by atoms with Crippen LogP contribution in [0.25, 0.3) is 0 Å². The first kappa shape index (κ1) is 108. The van der Waals surface area contributed by atoms with Crippen molar-refractivity contribution in [1.82, 2.24) is 0 Å². The molecule has 0 aliphatic heterocycles. The third kappa shape index (κ3) is 44.6. The van der Waals surface area contributed by atoms with E-state index in [-0.39, 0.29) is 17.0 Å². The molecule has 0 rings (SSSR count). The van der Waals surface area contributed by atoms with Crippen molar-refractivity contribution in [1.29, 1.82) is 0 Å². The molecule has 0 fully saturated rings. The summed E-state index contributed by atoms with van der Waals surface area (Å²) in [4.78, 5) is 0. The molecule has 0 aromatic heterocycles. The van der Waals surface area contributed by atoms with Crippen LogP contribution in [0.4, 0.5) is 0 Å². The molecule has 0 aliphatic carbocycles. The molecule has 0 aromatic rings. The molecule has 438 valence electrons. The Morgan fingerprint density at radius 1 is 0.159 bits per heavy atom. The van der Waals surface area contributed by atoms with Crippen LogP contribution in [-0.4, -0.2) is 5.70 Å². The van der Waals surface area contributed by atoms with E-state index in [2.05, 4.69) is 577 Å². The molecule has 0 spiro atoms. The summed E-state index contributed by atoms with van der Waals surface area (Å²) in [6.07, 6.45) is 0. The van der Waals surface area contributed by atoms with Gasteiger partial charge in [-0.3, -0.25) is 0 Å². The first-order chi connectivity index (χ1) is 28.7. The molecule has 0 atom stereocenters. The average Bonchev–Trinajstić information content (AvgIpc) is 3.28. The van der Waals surface area contributed by atoms with Crippen molar-refractivity contribution in [2.45, 2.75) is 0 Å². The molecule has 0 aromatic carbocycles. The minimum absolute atomic E-state index is 0.155. The van der Waals surface area contributed by atoms with Crippen molar-refractivity contribution in [3.63, 3.8) is 0 Å². The van der Waals surface area contributed by atoms with Gasteiger partial charge >= 0.3 is 837 Å². The molecule has 0 saturated carbocycles. The zero-order valence-corrected chi connectivity index (χ0v) is 158. The van der Waals surface area contributed by atoms with Crippen LogP contribution in [-0.2, 0) is 0 Å². The van der Waals surface area contributed by atoms with Crippen molar-refractivity contribution in [3.05, 3.63) is 0 Å². The predicted molar refractivity (Wildman–Crippen MR) is 861 cm³/mol. The van der Waals surface area contributed by atoms with E-state index < -0.39 is 237 Å². The van der Waals surface area contributed by atoms with E-state index in [0.717, 1.165) is 0 Å². The predicted octanol–water partition coefficient (Wildman–Crippen LogP) is 50.7. The van der Waals surface area contributed by atoms with E-state index >= 15 is 0 Å². The van der Waals surface area contributed by atoms with Crippen LogP contribution >= 0.6 is 814 Å². The maximum absolute atomic E-state index is 6.41. The Balaban J connectivity index is 5.69. The molecule has 0 saturated heterocycles. The molecule has 0 amide bonds. The van der Waals surface area contributed by atoms with E-state index in [4.69, 9.17) is 5.70 Å². The average molecular weight is 7880 g/mol. The Morgan fingerprint density at radius 3 is 0.349 bits per heavy atom. The van der Waals surface area contributed by atoms with Gasteiger partial charge in [-0.2, -0.15) is 0 Å². The third-order valence-electron chi connectivity index (χ3n) is 2.43. The van der Waals surface area contributed by atoms with Gasteiger partial charge in [-0.1, -0.05) is 0 Å². The quantitative estimate of drug-likeness (QED) is 0.0497. The Labute approximate surface area is 786 Å². The standard InChI is InChI=1S/BI62/c1-33-35(4)37(6)39(8)41(10)43(12)45(14)47(16)49(18)51(20)53(22)55(24)57(26)59(28)61(30)63(32)62(31)60(29)58(27)56(25)54(23)52(21)50(19)48(17)46(15)44(13)42(11)40(9)38(7)36(5)34(2)3/q-1. The van der Waals surface area contributed by atoms with E-state index in [0.29, 0.717) is 0 Å². The van der Waals surface area contributed by atoms with Gasteiger partial charge < -0.3 is 0 Å². The molecule has 0 bridgehead atoms. The van der Waals surface area contributed by atoms with Crippen molar-refractivity contribution in [3.8, 4) is 0 Å². The van der Waals surface area contributed by atoms with Gasteiger partial charge in [0.15, 0.2) is 0 Å². The molecule has 0 heterocycles. The zero-order valence-electron chi connectivity index (χ0n) is 24.0. The van der Waals surface area contributed by atoms with Crippen molar-refractivity contribution in [2.24, 2.45) is 0 Å². The monoisotopic (exact) mass is 7880 g/mol. The Hall–Kier alpha value is 45.3. The third-order valence-corrected chi connectivity index (χ3v) is 4810. The van der Waals surface area contributed by atoms with Crippen molar-refractivity contribution in [2.75, 3.05) is 0 Å². The van der Waals surface area contributed by atoms with E-state index in [1.54, 1.807) is 0 Å². The van der Waals surface area contributed by atoms with E-state index in [1.807, 2.05) is 0 Å². The van der Waals surface area contributed by atoms with Gasteiger partial charge in [-0.15, -0.1) is 0 Å². The van der Waals surface area contributed by atoms with Gasteiger partial charge in [-0.05, 0) is 0 Å². The van der Waals surface area contributed by atoms with Gasteiger partial charge in [-0.25, -0.2) is 0 Å². The molecule has 2 radical (unpaired) electrons. The summed E-state index contributed by atoms with van der Waals surface area (Å²) in [5.41, 5.74) is 6.41. The summed E-state index contributed by atoms with van der Waals surface area (Å²) in [6.45, 7) is 0. The molecular formula is BI62-. The molecule has 63 heavy (non-hydrogen) atoms. The van der Waals surface area contributed by atoms with Crippen LogP contribution in [0.5, 0.6) is 0 Å². The van der Waals surface area contributed by atoms with E-state index in [1.165, 1.54) is 0 Å². The fourth-order valence-corrected chi connectivity index (χ4v) is 11800. The van der Waals surface area contributed by atoms with Gasteiger partial charge in [0, 0.05) is 0 Å². The molecular weight excluding hydrogens is 7880 g/mol. The molecule has 0 nitrogen and oxygen atoms in total. The Kier molecular flexibility index (Phi) is 112. The maximum atomic E-state index is 6.41. The topological polar surface area (TPSA) is 0 Å². The molecule has 63 heteroatoms. The number of rotatable bonds is 30. The van der Waals surface area contributed by atoms with Crippen LogP contribution < -0.4 is 17.0 Å². The summed E-state index contributed by atoms with van der Waals surface area (Å²) < 4.78 is 0. The summed E-state index contributed by atoms with van der Waals surface area (Å²) in [5.74, 6) is 0. The van der Waals surface area contributed by atoms with Crippen LogP contribution in [0.3, 0.4) is 0 Å². The van der Waals surface area contributed by atoms with Crippen LogP contribution in [0.1, 0.15) is 0 Å². The molecule has 0 unspecified atom stereocenters. The molecule has 0 aliphatic rings. The van der Waals surface area contributed by atoms with Crippen LogP contribution in [0.15, 0.2) is 0 Å². The first-order valence-corrected chi connectivity index (χ1v) is 394. The van der Waals surface area contributed by atoms with Crippen molar-refractivity contribution < 1.29 is 17.0 Å². The second-order valence-electron chi connectivity index (χ2n) is 4.94. The van der Waals surface area contributed by atoms with Gasteiger partial charge in [0.2, 0.25) is 0 Å². The van der Waals surface area contributed by atoms with Gasteiger partial charge in [0.25, 0.3) is 0 Å². The number of hydrogen-bond donors (Lipinski definition) is 0. The Bertz CT molecular complexity index is 1190. The summed E-state index contributed by atoms with van der Waals surface area (Å²) >= 11 is 103. The van der Waals surface area contributed by atoms with Gasteiger partial charge in [0.05, 0.1) is 0 Å². The second-order valence-corrected chi connectivity index (χ2v) is 1470. The number of halogens is 62. The second kappa shape index (κ2) is 65.3. The number of hydrogen-bond acceptors (Lipinski definition) is 0. The SMILES string of the molecule is [B][I-]I(I)I(I)I(I)I(I)I(I)I(I)I(I)I(I)I(I)I(I)I(I)I(I)I(I)I(I)I(I)I(I)I(I)I(I)I(I)I(I)I(I)I(I)I(I)I(I)I(I)I(I)I(I)I(I)I(I)I(I)I. The van der Waals surface area contributed by atoms with E-state index in [9.17, 15) is 0 Å². The Morgan fingerprint density at radius 2 is 0.254 bits per heavy atom.